The second-order valence-electron chi connectivity index (χ2n) is 5.06. The number of hydrogen-bond donors (Lipinski definition) is 0. The molecule has 92 valence electrons. The monoisotopic (exact) mass is 242 g/mol. The zero-order valence-corrected chi connectivity index (χ0v) is 9.84. The molecule has 2 nitrogen and oxygen atoms in total. The molecule has 0 spiro atoms. The number of fused-ring (bicyclic) bond motifs is 1. The number of aromatic nitrogens is 2. The van der Waals surface area contributed by atoms with Crippen molar-refractivity contribution in [1.82, 2.24) is 9.38 Å². The van der Waals surface area contributed by atoms with E-state index in [-0.39, 0.29) is 5.41 Å². The zero-order valence-electron chi connectivity index (χ0n) is 9.84. The highest BCUT2D eigenvalue weighted by molar-refractivity contribution is 5.43. The lowest BCUT2D eigenvalue weighted by Gasteiger charge is -2.18. The molecule has 0 aromatic carbocycles. The van der Waals surface area contributed by atoms with E-state index in [1.54, 1.807) is 12.3 Å². The second kappa shape index (κ2) is 3.48. The number of hydrogen-bond acceptors (Lipinski definition) is 1. The Labute approximate surface area is 97.1 Å². The first-order valence-corrected chi connectivity index (χ1v) is 5.24. The molecule has 0 fully saturated rings. The van der Waals surface area contributed by atoms with Crippen molar-refractivity contribution in [3.05, 3.63) is 35.8 Å². The van der Waals surface area contributed by atoms with Crippen molar-refractivity contribution in [1.29, 1.82) is 0 Å². The molecule has 0 amide bonds. The van der Waals surface area contributed by atoms with Crippen LogP contribution in [0.15, 0.2) is 24.5 Å². The minimum atomic E-state index is -4.39. The summed E-state index contributed by atoms with van der Waals surface area (Å²) in [6.07, 6.45) is -1.68. The summed E-state index contributed by atoms with van der Waals surface area (Å²) >= 11 is 0. The van der Waals surface area contributed by atoms with Gasteiger partial charge in [-0.15, -0.1) is 0 Å². The van der Waals surface area contributed by atoms with Gasteiger partial charge in [-0.25, -0.2) is 4.98 Å². The lowest BCUT2D eigenvalue weighted by atomic mass is 9.88. The minimum Gasteiger partial charge on any atom is -0.306 e. The molecule has 5 heteroatoms. The fraction of sp³-hybridized carbons (Fsp3) is 0.417. The summed E-state index contributed by atoms with van der Waals surface area (Å²) in [4.78, 5) is 3.55. The van der Waals surface area contributed by atoms with Crippen LogP contribution in [0, 0.1) is 0 Å². The molecule has 0 unspecified atom stereocenters. The maximum absolute atomic E-state index is 12.5. The molecule has 0 radical (unpaired) electrons. The molecule has 17 heavy (non-hydrogen) atoms. The van der Waals surface area contributed by atoms with E-state index in [1.165, 1.54) is 4.40 Å². The van der Waals surface area contributed by atoms with Gasteiger partial charge >= 0.3 is 6.18 Å². The summed E-state index contributed by atoms with van der Waals surface area (Å²) in [5.41, 5.74) is 0.321. The summed E-state index contributed by atoms with van der Waals surface area (Å²) in [5.74, 6) is 0. The number of pyridine rings is 1. The van der Waals surface area contributed by atoms with Gasteiger partial charge in [-0.2, -0.15) is 13.2 Å². The first-order chi connectivity index (χ1) is 7.68. The van der Waals surface area contributed by atoms with Crippen molar-refractivity contribution in [3.63, 3.8) is 0 Å². The Balaban J connectivity index is 2.56. The molecule has 0 saturated carbocycles. The van der Waals surface area contributed by atoms with E-state index in [9.17, 15) is 13.2 Å². The first-order valence-electron chi connectivity index (χ1n) is 5.24. The van der Waals surface area contributed by atoms with Crippen LogP contribution in [0.5, 0.6) is 0 Å². The van der Waals surface area contributed by atoms with Crippen LogP contribution in [-0.4, -0.2) is 9.38 Å². The van der Waals surface area contributed by atoms with Gasteiger partial charge in [0.25, 0.3) is 0 Å². The predicted molar refractivity (Wildman–Crippen MR) is 58.9 cm³/mol. The molecule has 0 saturated heterocycles. The Morgan fingerprint density at radius 2 is 1.71 bits per heavy atom. The predicted octanol–water partition coefficient (Wildman–Crippen LogP) is 3.65. The fourth-order valence-corrected chi connectivity index (χ4v) is 1.57. The Morgan fingerprint density at radius 1 is 1.06 bits per heavy atom. The normalized spacial score (nSPS) is 13.3. The average molecular weight is 242 g/mol. The molecule has 2 heterocycles. The number of imidazole rings is 1. The van der Waals surface area contributed by atoms with Gasteiger partial charge in [-0.05, 0) is 17.0 Å². The van der Waals surface area contributed by atoms with E-state index < -0.39 is 11.9 Å². The van der Waals surface area contributed by atoms with Gasteiger partial charge in [0, 0.05) is 12.4 Å². The van der Waals surface area contributed by atoms with Crippen LogP contribution in [0.4, 0.5) is 13.2 Å². The summed E-state index contributed by atoms with van der Waals surface area (Å²) in [5, 5.41) is 0. The van der Waals surface area contributed by atoms with E-state index in [4.69, 9.17) is 0 Å². The van der Waals surface area contributed by atoms with Crippen LogP contribution >= 0.6 is 0 Å². The van der Waals surface area contributed by atoms with Crippen molar-refractivity contribution in [3.8, 4) is 0 Å². The van der Waals surface area contributed by atoms with Gasteiger partial charge in [0.15, 0.2) is 5.69 Å². The standard InChI is InChI=1S/C12H13F3N2/c1-11(2,3)8-4-5-10-16-9(12(13,14)15)7-17(10)6-8/h4-7H,1-3H3. The molecule has 0 aliphatic rings. The SMILES string of the molecule is CC(C)(C)c1ccc2nc(C(F)(F)F)cn2c1. The van der Waals surface area contributed by atoms with Gasteiger partial charge in [-0.3, -0.25) is 0 Å². The highest BCUT2D eigenvalue weighted by Gasteiger charge is 2.33. The lowest BCUT2D eigenvalue weighted by Crippen LogP contribution is -2.11. The highest BCUT2D eigenvalue weighted by atomic mass is 19.4. The Kier molecular flexibility index (Phi) is 2.45. The largest absolute Gasteiger partial charge is 0.434 e. The summed E-state index contributed by atoms with van der Waals surface area (Å²) in [6.45, 7) is 6.03. The van der Waals surface area contributed by atoms with Gasteiger partial charge in [0.2, 0.25) is 0 Å². The molecule has 0 atom stereocenters. The quantitative estimate of drug-likeness (QED) is 0.689. The summed E-state index contributed by atoms with van der Waals surface area (Å²) in [6, 6.07) is 3.41. The van der Waals surface area contributed by atoms with E-state index in [2.05, 4.69) is 4.98 Å². The molecule has 2 aromatic heterocycles. The van der Waals surface area contributed by atoms with Crippen molar-refractivity contribution < 1.29 is 13.2 Å². The Bertz CT molecular complexity index is 535. The van der Waals surface area contributed by atoms with Gasteiger partial charge in [0.1, 0.15) is 5.65 Å². The smallest absolute Gasteiger partial charge is 0.306 e. The minimum absolute atomic E-state index is 0.100. The van der Waals surface area contributed by atoms with Gasteiger partial charge < -0.3 is 4.40 Å². The van der Waals surface area contributed by atoms with Crippen molar-refractivity contribution in [2.24, 2.45) is 0 Å². The van der Waals surface area contributed by atoms with Crippen molar-refractivity contribution in [2.45, 2.75) is 32.4 Å². The zero-order chi connectivity index (χ0) is 12.8. The van der Waals surface area contributed by atoms with Gasteiger partial charge in [0.05, 0.1) is 0 Å². The topological polar surface area (TPSA) is 17.3 Å². The number of rotatable bonds is 0. The van der Waals surface area contributed by atoms with E-state index in [0.29, 0.717) is 5.65 Å². The summed E-state index contributed by atoms with van der Waals surface area (Å²) < 4.78 is 38.9. The van der Waals surface area contributed by atoms with Crippen LogP contribution in [0.3, 0.4) is 0 Å². The third kappa shape index (κ3) is 2.28. The first kappa shape index (κ1) is 12.0. The summed E-state index contributed by atoms with van der Waals surface area (Å²) in [7, 11) is 0. The molecular formula is C12H13F3N2. The second-order valence-corrected chi connectivity index (χ2v) is 5.06. The van der Waals surface area contributed by atoms with Crippen LogP contribution in [0.25, 0.3) is 5.65 Å². The van der Waals surface area contributed by atoms with Crippen LogP contribution in [-0.2, 0) is 11.6 Å². The van der Waals surface area contributed by atoms with Crippen molar-refractivity contribution >= 4 is 5.65 Å². The van der Waals surface area contributed by atoms with E-state index >= 15 is 0 Å². The van der Waals surface area contributed by atoms with E-state index in [1.807, 2.05) is 26.8 Å². The van der Waals surface area contributed by atoms with E-state index in [0.717, 1.165) is 11.8 Å². The Morgan fingerprint density at radius 3 is 2.24 bits per heavy atom. The molecular weight excluding hydrogens is 229 g/mol. The molecule has 0 aliphatic carbocycles. The maximum atomic E-state index is 12.5. The van der Waals surface area contributed by atoms with Crippen LogP contribution in [0.1, 0.15) is 32.0 Å². The van der Waals surface area contributed by atoms with Crippen LogP contribution in [0.2, 0.25) is 0 Å². The average Bonchev–Trinajstić information content (AvgIpc) is 2.57. The fourth-order valence-electron chi connectivity index (χ4n) is 1.57. The third-order valence-corrected chi connectivity index (χ3v) is 2.61. The third-order valence-electron chi connectivity index (χ3n) is 2.61. The van der Waals surface area contributed by atoms with Gasteiger partial charge in [-0.1, -0.05) is 26.8 Å². The van der Waals surface area contributed by atoms with Crippen molar-refractivity contribution in [2.75, 3.05) is 0 Å². The number of halogens is 3. The number of alkyl halides is 3. The lowest BCUT2D eigenvalue weighted by molar-refractivity contribution is -0.140. The highest BCUT2D eigenvalue weighted by Crippen LogP contribution is 2.29. The molecule has 0 aliphatic heterocycles. The number of nitrogens with zero attached hydrogens (tertiary/aromatic N) is 2. The molecule has 2 aromatic rings. The van der Waals surface area contributed by atoms with Crippen LogP contribution < -0.4 is 0 Å². The molecule has 0 N–H and O–H groups in total. The Hall–Kier alpha value is -1.52. The molecule has 0 bridgehead atoms. The molecule has 2 rings (SSSR count). The maximum Gasteiger partial charge on any atom is 0.434 e.